The second-order valence-corrected chi connectivity index (χ2v) is 2.46. The molecule has 10 heavy (non-hydrogen) atoms. The molecule has 5 heteroatoms. The highest BCUT2D eigenvalue weighted by Gasteiger charge is 1.84. The molecule has 0 heterocycles. The normalized spacial score (nSPS) is 13.4. The zero-order chi connectivity index (χ0) is 7.82. The molecule has 0 aliphatic rings. The topological polar surface area (TPSA) is 61.4 Å². The summed E-state index contributed by atoms with van der Waals surface area (Å²) in [6, 6.07) is 0. The van der Waals surface area contributed by atoms with Crippen LogP contribution >= 0.6 is 0 Å². The van der Waals surface area contributed by atoms with Crippen molar-refractivity contribution in [3.05, 3.63) is 0 Å². The highest BCUT2D eigenvalue weighted by molar-refractivity contribution is 7.74. The van der Waals surface area contributed by atoms with Gasteiger partial charge in [0.15, 0.2) is 0 Å². The van der Waals surface area contributed by atoms with E-state index < -0.39 is 11.4 Å². The quantitative estimate of drug-likeness (QED) is 0.346. The Balaban J connectivity index is 2.84. The lowest BCUT2D eigenvalue weighted by Crippen LogP contribution is -2.19. The molecule has 4 nitrogen and oxygen atoms in total. The smallest absolute Gasteiger partial charge is 0.113 e. The van der Waals surface area contributed by atoms with Gasteiger partial charge in [0.2, 0.25) is 0 Å². The van der Waals surface area contributed by atoms with Crippen molar-refractivity contribution in [2.45, 2.75) is 19.8 Å². The summed E-state index contributed by atoms with van der Waals surface area (Å²) in [5.41, 5.74) is 0. The monoisotopic (exact) mass is 166 g/mol. The Kier molecular flexibility index (Phi) is 7.16. The van der Waals surface area contributed by atoms with Crippen LogP contribution in [0.5, 0.6) is 0 Å². The van der Waals surface area contributed by atoms with E-state index in [1.54, 1.807) is 0 Å². The Hall–Kier alpha value is 0.0300. The molecule has 0 aromatic heterocycles. The Morgan fingerprint density at radius 1 is 1.70 bits per heavy atom. The molecule has 0 saturated carbocycles. The van der Waals surface area contributed by atoms with Crippen molar-refractivity contribution in [1.82, 2.24) is 5.32 Å². The van der Waals surface area contributed by atoms with Crippen molar-refractivity contribution in [3.8, 4) is 0 Å². The highest BCUT2D eigenvalue weighted by atomic mass is 32.2. The van der Waals surface area contributed by atoms with Crippen LogP contribution in [0.2, 0.25) is 0 Å². The molecule has 0 aromatic rings. The summed E-state index contributed by atoms with van der Waals surface area (Å²) in [6.45, 7) is 2.94. The molecule has 0 rings (SSSR count). The molecular weight excluding hydrogens is 154 g/mol. The first-order valence-electron chi connectivity index (χ1n) is 3.20. The van der Waals surface area contributed by atoms with Crippen LogP contribution in [0.25, 0.3) is 0 Å². The van der Waals surface area contributed by atoms with Crippen molar-refractivity contribution < 1.29 is 12.9 Å². The fourth-order valence-corrected chi connectivity index (χ4v) is 0.643. The lowest BCUT2D eigenvalue weighted by Gasteiger charge is -2.05. The minimum atomic E-state index is -2.38. The fourth-order valence-electron chi connectivity index (χ4n) is 0.464. The van der Waals surface area contributed by atoms with Crippen LogP contribution in [0.1, 0.15) is 19.8 Å². The van der Waals surface area contributed by atoms with Crippen LogP contribution in [-0.2, 0) is 15.5 Å². The first-order chi connectivity index (χ1) is 4.77. The van der Waals surface area contributed by atoms with E-state index in [9.17, 15) is 8.76 Å². The average molecular weight is 166 g/mol. The van der Waals surface area contributed by atoms with Crippen LogP contribution in [0.4, 0.5) is 0 Å². The van der Waals surface area contributed by atoms with Gasteiger partial charge in [0, 0.05) is 0 Å². The Bertz CT molecular complexity index is 98.9. The van der Waals surface area contributed by atoms with Crippen molar-refractivity contribution in [2.24, 2.45) is 0 Å². The zero-order valence-corrected chi connectivity index (χ0v) is 6.78. The van der Waals surface area contributed by atoms with Crippen LogP contribution in [0, 0.1) is 0 Å². The van der Waals surface area contributed by atoms with Gasteiger partial charge in [0.25, 0.3) is 0 Å². The van der Waals surface area contributed by atoms with E-state index in [4.69, 9.17) is 0 Å². The van der Waals surface area contributed by atoms with Gasteiger partial charge in [0.05, 0.1) is 11.4 Å². The third-order valence-corrected chi connectivity index (χ3v) is 1.27. The first kappa shape index (κ1) is 10.0. The van der Waals surface area contributed by atoms with Crippen LogP contribution in [0.15, 0.2) is 0 Å². The predicted molar refractivity (Wildman–Crippen MR) is 37.8 cm³/mol. The maximum atomic E-state index is 9.77. The number of hydrogen-bond donors (Lipinski definition) is 1. The van der Waals surface area contributed by atoms with Gasteiger partial charge in [-0.25, -0.2) is 4.21 Å². The second-order valence-electron chi connectivity index (χ2n) is 1.82. The van der Waals surface area contributed by atoms with Crippen LogP contribution < -0.4 is 5.32 Å². The maximum absolute atomic E-state index is 9.77. The number of unbranched alkanes of at least 4 members (excludes halogenated alkanes) is 1. The lowest BCUT2D eigenvalue weighted by molar-refractivity contribution is 0.273. The van der Waals surface area contributed by atoms with E-state index in [0.29, 0.717) is 0 Å². The second kappa shape index (κ2) is 7.14. The molecule has 0 aromatic carbocycles. The van der Waals surface area contributed by atoms with Crippen LogP contribution in [0.3, 0.4) is 0 Å². The van der Waals surface area contributed by atoms with Gasteiger partial charge in [-0.3, -0.25) is 9.50 Å². The Labute approximate surface area is 63.4 Å². The van der Waals surface area contributed by atoms with E-state index in [-0.39, 0.29) is 6.73 Å². The van der Waals surface area contributed by atoms with Gasteiger partial charge >= 0.3 is 0 Å². The lowest BCUT2D eigenvalue weighted by atomic mass is 10.3. The highest BCUT2D eigenvalue weighted by Crippen LogP contribution is 1.82. The van der Waals surface area contributed by atoms with Gasteiger partial charge in [0.1, 0.15) is 6.73 Å². The van der Waals surface area contributed by atoms with Crippen molar-refractivity contribution in [2.75, 3.05) is 13.3 Å². The summed E-state index contributed by atoms with van der Waals surface area (Å²) in [5.74, 6) is 0. The summed E-state index contributed by atoms with van der Waals surface area (Å²) < 4.78 is 23.7. The van der Waals surface area contributed by atoms with Crippen molar-refractivity contribution in [3.63, 3.8) is 0 Å². The molecular formula is C5H12NO3S-. The van der Waals surface area contributed by atoms with Crippen LogP contribution in [-0.4, -0.2) is 22.0 Å². The predicted octanol–water partition coefficient (Wildman–Crippen LogP) is 0.144. The number of hydrogen-bond acceptors (Lipinski definition) is 4. The first-order valence-corrected chi connectivity index (χ1v) is 4.20. The van der Waals surface area contributed by atoms with Gasteiger partial charge < -0.3 is 4.55 Å². The molecule has 0 spiro atoms. The maximum Gasteiger partial charge on any atom is 0.113 e. The van der Waals surface area contributed by atoms with Crippen molar-refractivity contribution in [1.29, 1.82) is 0 Å². The average Bonchev–Trinajstić information content (AvgIpc) is 1.87. The zero-order valence-electron chi connectivity index (χ0n) is 5.96. The minimum absolute atomic E-state index is 0.0795. The van der Waals surface area contributed by atoms with Gasteiger partial charge in [-0.15, -0.1) is 0 Å². The largest absolute Gasteiger partial charge is 0.750 e. The molecule has 0 fully saturated rings. The molecule has 0 bridgehead atoms. The molecule has 0 aliphatic heterocycles. The fraction of sp³-hybridized carbons (Fsp3) is 1.00. The molecule has 62 valence electrons. The molecule has 0 radical (unpaired) electrons. The third-order valence-electron chi connectivity index (χ3n) is 0.964. The van der Waals surface area contributed by atoms with Crippen molar-refractivity contribution >= 4 is 11.4 Å². The molecule has 1 atom stereocenters. The van der Waals surface area contributed by atoms with E-state index in [0.717, 1.165) is 19.4 Å². The molecule has 0 saturated heterocycles. The number of rotatable bonds is 6. The molecule has 0 amide bonds. The summed E-state index contributed by atoms with van der Waals surface area (Å²) >= 11 is -2.38. The summed E-state index contributed by atoms with van der Waals surface area (Å²) in [7, 11) is 0. The summed E-state index contributed by atoms with van der Waals surface area (Å²) in [5, 5.41) is 2.80. The Morgan fingerprint density at radius 2 is 2.40 bits per heavy atom. The van der Waals surface area contributed by atoms with Gasteiger partial charge in [-0.2, -0.15) is 0 Å². The molecule has 1 N–H and O–H groups in total. The van der Waals surface area contributed by atoms with E-state index in [1.165, 1.54) is 0 Å². The van der Waals surface area contributed by atoms with E-state index in [2.05, 4.69) is 16.4 Å². The van der Waals surface area contributed by atoms with Gasteiger partial charge in [-0.1, -0.05) is 13.3 Å². The standard InChI is InChI=1S/C5H13NO3S/c1-2-3-4-6-5-9-10(7)8/h6H,2-5H2,1H3,(H,7,8)/p-1. The third kappa shape index (κ3) is 8.03. The Morgan fingerprint density at radius 3 is 2.90 bits per heavy atom. The SMILES string of the molecule is CCCCNCOS(=O)[O-]. The van der Waals surface area contributed by atoms with E-state index >= 15 is 0 Å². The molecule has 1 unspecified atom stereocenters. The van der Waals surface area contributed by atoms with Gasteiger partial charge in [-0.05, 0) is 13.0 Å². The number of nitrogens with one attached hydrogen (secondary N) is 1. The summed E-state index contributed by atoms with van der Waals surface area (Å²) in [6.07, 6.45) is 2.13. The molecule has 0 aliphatic carbocycles. The minimum Gasteiger partial charge on any atom is -0.750 e. The van der Waals surface area contributed by atoms with E-state index in [1.807, 2.05) is 0 Å². The summed E-state index contributed by atoms with van der Waals surface area (Å²) in [4.78, 5) is 0.